The van der Waals surface area contributed by atoms with Crippen molar-refractivity contribution in [2.24, 2.45) is 0 Å². The minimum absolute atomic E-state index is 0.0248. The number of nitrogens with zero attached hydrogens (tertiary/aromatic N) is 1. The average molecular weight is 251 g/mol. The van der Waals surface area contributed by atoms with Gasteiger partial charge in [-0.2, -0.15) is 5.10 Å². The molecule has 1 aromatic heterocycles. The standard InChI is InChI=1S/C12H17N3O3/c1-4-5-9-6-10(15-14-9)13-11(16)7(2)8(3)12(17)18/h6H,4-5H2,1-3H3,(H,17,18)(H2,13,14,15,16)/b8-7-. The van der Waals surface area contributed by atoms with Crippen molar-refractivity contribution in [1.82, 2.24) is 10.2 Å². The maximum atomic E-state index is 11.7. The van der Waals surface area contributed by atoms with Gasteiger partial charge in [-0.05, 0) is 20.3 Å². The molecule has 0 aliphatic rings. The first kappa shape index (κ1) is 14.0. The molecule has 0 radical (unpaired) electrons. The molecule has 0 atom stereocenters. The van der Waals surface area contributed by atoms with Gasteiger partial charge in [-0.15, -0.1) is 0 Å². The number of carbonyl (C=O) groups is 2. The van der Waals surface area contributed by atoms with E-state index in [4.69, 9.17) is 5.11 Å². The molecule has 18 heavy (non-hydrogen) atoms. The van der Waals surface area contributed by atoms with Crippen molar-refractivity contribution in [3.05, 3.63) is 22.9 Å². The number of carbonyl (C=O) groups excluding carboxylic acids is 1. The van der Waals surface area contributed by atoms with E-state index in [0.717, 1.165) is 18.5 Å². The minimum atomic E-state index is -1.10. The van der Waals surface area contributed by atoms with Crippen molar-refractivity contribution in [3.63, 3.8) is 0 Å². The van der Waals surface area contributed by atoms with Gasteiger partial charge in [-0.25, -0.2) is 4.79 Å². The Morgan fingerprint density at radius 2 is 2.06 bits per heavy atom. The molecule has 1 rings (SSSR count). The Labute approximate surface area is 105 Å². The molecule has 1 aromatic rings. The van der Waals surface area contributed by atoms with E-state index < -0.39 is 11.9 Å². The average Bonchev–Trinajstić information content (AvgIpc) is 2.75. The van der Waals surface area contributed by atoms with Crippen LogP contribution in [0.5, 0.6) is 0 Å². The number of aliphatic carboxylic acids is 1. The molecule has 98 valence electrons. The molecule has 0 saturated carbocycles. The molecular weight excluding hydrogens is 234 g/mol. The van der Waals surface area contributed by atoms with Crippen LogP contribution in [0.15, 0.2) is 17.2 Å². The molecule has 0 aliphatic heterocycles. The third-order valence-corrected chi connectivity index (χ3v) is 2.62. The lowest BCUT2D eigenvalue weighted by Gasteiger charge is -2.03. The normalized spacial score (nSPS) is 11.9. The largest absolute Gasteiger partial charge is 0.478 e. The Morgan fingerprint density at radius 3 is 2.61 bits per heavy atom. The van der Waals surface area contributed by atoms with Crippen molar-refractivity contribution in [3.8, 4) is 0 Å². The first-order valence-corrected chi connectivity index (χ1v) is 5.72. The number of carboxylic acids is 1. The second kappa shape index (κ2) is 6.00. The molecular formula is C12H17N3O3. The van der Waals surface area contributed by atoms with Crippen molar-refractivity contribution < 1.29 is 14.7 Å². The van der Waals surface area contributed by atoms with E-state index in [1.165, 1.54) is 13.8 Å². The first-order valence-electron chi connectivity index (χ1n) is 5.72. The number of rotatable bonds is 5. The summed E-state index contributed by atoms with van der Waals surface area (Å²) in [5.41, 5.74) is 1.13. The molecule has 6 nitrogen and oxygen atoms in total. The third-order valence-electron chi connectivity index (χ3n) is 2.62. The van der Waals surface area contributed by atoms with Crippen LogP contribution >= 0.6 is 0 Å². The van der Waals surface area contributed by atoms with Crippen molar-refractivity contribution in [1.29, 1.82) is 0 Å². The predicted octanol–water partition coefficient (Wildman–Crippen LogP) is 1.72. The summed E-state index contributed by atoms with van der Waals surface area (Å²) >= 11 is 0. The SMILES string of the molecule is CCCc1cc(NC(=O)/C(C)=C(/C)C(=O)O)n[nH]1. The van der Waals surface area contributed by atoms with Crippen LogP contribution in [-0.2, 0) is 16.0 Å². The number of aryl methyl sites for hydroxylation is 1. The van der Waals surface area contributed by atoms with Crippen LogP contribution in [0.1, 0.15) is 32.9 Å². The van der Waals surface area contributed by atoms with Gasteiger partial charge in [0.15, 0.2) is 5.82 Å². The first-order chi connectivity index (χ1) is 8.45. The summed E-state index contributed by atoms with van der Waals surface area (Å²) in [5.74, 6) is -1.15. The number of anilines is 1. The van der Waals surface area contributed by atoms with Gasteiger partial charge in [0.2, 0.25) is 0 Å². The summed E-state index contributed by atoms with van der Waals surface area (Å²) in [6.45, 7) is 4.91. The van der Waals surface area contributed by atoms with Gasteiger partial charge < -0.3 is 10.4 Å². The Morgan fingerprint density at radius 1 is 1.39 bits per heavy atom. The van der Waals surface area contributed by atoms with E-state index in [2.05, 4.69) is 15.5 Å². The van der Waals surface area contributed by atoms with Gasteiger partial charge in [0, 0.05) is 22.9 Å². The van der Waals surface area contributed by atoms with E-state index in [-0.39, 0.29) is 11.1 Å². The molecule has 6 heteroatoms. The topological polar surface area (TPSA) is 95.1 Å². The van der Waals surface area contributed by atoms with Crippen LogP contribution in [0.4, 0.5) is 5.82 Å². The molecule has 0 unspecified atom stereocenters. The van der Waals surface area contributed by atoms with Crippen molar-refractivity contribution in [2.45, 2.75) is 33.6 Å². The smallest absolute Gasteiger partial charge is 0.331 e. The molecule has 1 heterocycles. The quantitative estimate of drug-likeness (QED) is 0.694. The highest BCUT2D eigenvalue weighted by Crippen LogP contribution is 2.10. The third kappa shape index (κ3) is 3.44. The zero-order chi connectivity index (χ0) is 13.7. The zero-order valence-corrected chi connectivity index (χ0v) is 10.7. The highest BCUT2D eigenvalue weighted by Gasteiger charge is 2.13. The minimum Gasteiger partial charge on any atom is -0.478 e. The summed E-state index contributed by atoms with van der Waals surface area (Å²) < 4.78 is 0. The number of H-pyrrole nitrogens is 1. The number of hydrogen-bond acceptors (Lipinski definition) is 3. The molecule has 0 aromatic carbocycles. The number of carboxylic acid groups (broad SMARTS) is 1. The second-order valence-electron chi connectivity index (χ2n) is 4.04. The maximum absolute atomic E-state index is 11.7. The summed E-state index contributed by atoms with van der Waals surface area (Å²) in [7, 11) is 0. The lowest BCUT2D eigenvalue weighted by molar-refractivity contribution is -0.133. The molecule has 1 amide bonds. The number of aromatic amines is 1. The number of aromatic nitrogens is 2. The van der Waals surface area contributed by atoms with Gasteiger partial charge in [0.25, 0.3) is 5.91 Å². The second-order valence-corrected chi connectivity index (χ2v) is 4.04. The monoisotopic (exact) mass is 251 g/mol. The number of amides is 1. The Balaban J connectivity index is 2.75. The van der Waals surface area contributed by atoms with Crippen LogP contribution in [-0.4, -0.2) is 27.2 Å². The van der Waals surface area contributed by atoms with E-state index in [0.29, 0.717) is 5.82 Å². The van der Waals surface area contributed by atoms with E-state index in [1.807, 2.05) is 6.92 Å². The summed E-state index contributed by atoms with van der Waals surface area (Å²) in [6.07, 6.45) is 1.83. The lowest BCUT2D eigenvalue weighted by Crippen LogP contribution is -2.16. The summed E-state index contributed by atoms with van der Waals surface area (Å²) in [5, 5.41) is 18.1. The number of nitrogens with one attached hydrogen (secondary N) is 2. The van der Waals surface area contributed by atoms with Crippen LogP contribution in [0.2, 0.25) is 0 Å². The summed E-state index contributed by atoms with van der Waals surface area (Å²) in [4.78, 5) is 22.5. The van der Waals surface area contributed by atoms with E-state index in [1.54, 1.807) is 6.07 Å². The van der Waals surface area contributed by atoms with Gasteiger partial charge >= 0.3 is 5.97 Å². The van der Waals surface area contributed by atoms with Crippen LogP contribution in [0, 0.1) is 0 Å². The fourth-order valence-corrected chi connectivity index (χ4v) is 1.36. The Hall–Kier alpha value is -2.11. The van der Waals surface area contributed by atoms with Gasteiger partial charge in [0.05, 0.1) is 0 Å². The highest BCUT2D eigenvalue weighted by molar-refractivity contribution is 6.07. The van der Waals surface area contributed by atoms with E-state index >= 15 is 0 Å². The van der Waals surface area contributed by atoms with E-state index in [9.17, 15) is 9.59 Å². The zero-order valence-electron chi connectivity index (χ0n) is 10.7. The Bertz CT molecular complexity index is 489. The molecule has 0 saturated heterocycles. The summed E-state index contributed by atoms with van der Waals surface area (Å²) in [6, 6.07) is 1.74. The Kier molecular flexibility index (Phi) is 4.65. The van der Waals surface area contributed by atoms with Crippen LogP contribution in [0.25, 0.3) is 0 Å². The lowest BCUT2D eigenvalue weighted by atomic mass is 10.1. The fraction of sp³-hybridized carbons (Fsp3) is 0.417. The maximum Gasteiger partial charge on any atom is 0.331 e. The predicted molar refractivity (Wildman–Crippen MR) is 67.2 cm³/mol. The highest BCUT2D eigenvalue weighted by atomic mass is 16.4. The van der Waals surface area contributed by atoms with Crippen molar-refractivity contribution >= 4 is 17.7 Å². The van der Waals surface area contributed by atoms with Crippen LogP contribution < -0.4 is 5.32 Å². The number of hydrogen-bond donors (Lipinski definition) is 3. The molecule has 0 bridgehead atoms. The molecule has 3 N–H and O–H groups in total. The van der Waals surface area contributed by atoms with Gasteiger partial charge in [-0.1, -0.05) is 13.3 Å². The van der Waals surface area contributed by atoms with Crippen LogP contribution in [0.3, 0.4) is 0 Å². The van der Waals surface area contributed by atoms with Gasteiger partial charge in [-0.3, -0.25) is 9.89 Å². The van der Waals surface area contributed by atoms with Crippen molar-refractivity contribution in [2.75, 3.05) is 5.32 Å². The molecule has 0 fully saturated rings. The molecule has 0 spiro atoms. The fourth-order valence-electron chi connectivity index (χ4n) is 1.36. The molecule has 0 aliphatic carbocycles. The van der Waals surface area contributed by atoms with Gasteiger partial charge in [0.1, 0.15) is 0 Å².